The van der Waals surface area contributed by atoms with Gasteiger partial charge in [-0.25, -0.2) is 4.98 Å². The number of aryl methyl sites for hydroxylation is 3. The fraction of sp³-hybridized carbons (Fsp3) is 0.611. The van der Waals surface area contributed by atoms with Crippen LogP contribution in [-0.2, 0) is 18.3 Å². The first-order valence-electron chi connectivity index (χ1n) is 8.70. The summed E-state index contributed by atoms with van der Waals surface area (Å²) in [5, 5.41) is 15.9. The van der Waals surface area contributed by atoms with Gasteiger partial charge in [-0.15, -0.1) is 0 Å². The summed E-state index contributed by atoms with van der Waals surface area (Å²) in [6.45, 7) is 8.12. The molecule has 2 aromatic rings. The SMILES string of the molecule is Cc1nc2c(c(C)c1CCC(=O)NCC(O)CC(C)C)c(=O)[nH]n2C. The number of aromatic amines is 1. The Bertz CT molecular complexity index is 820. The van der Waals surface area contributed by atoms with Crippen LogP contribution in [0.15, 0.2) is 4.79 Å². The Kier molecular flexibility index (Phi) is 6.00. The maximum absolute atomic E-state index is 12.1. The summed E-state index contributed by atoms with van der Waals surface area (Å²) in [7, 11) is 1.76. The lowest BCUT2D eigenvalue weighted by molar-refractivity contribution is -0.121. The van der Waals surface area contributed by atoms with Crippen molar-refractivity contribution in [2.24, 2.45) is 13.0 Å². The normalized spacial score (nSPS) is 12.8. The Morgan fingerprint density at radius 2 is 2.04 bits per heavy atom. The summed E-state index contributed by atoms with van der Waals surface area (Å²) in [6.07, 6.45) is 0.957. The summed E-state index contributed by atoms with van der Waals surface area (Å²) >= 11 is 0. The second-order valence-electron chi connectivity index (χ2n) is 7.09. The molecule has 7 heteroatoms. The van der Waals surface area contributed by atoms with Gasteiger partial charge in [0.05, 0.1) is 11.5 Å². The van der Waals surface area contributed by atoms with Crippen molar-refractivity contribution in [2.45, 2.75) is 53.1 Å². The number of aromatic nitrogens is 3. The molecule has 0 aliphatic carbocycles. The zero-order chi connectivity index (χ0) is 18.7. The van der Waals surface area contributed by atoms with Crippen molar-refractivity contribution in [3.63, 3.8) is 0 Å². The molecule has 2 heterocycles. The minimum atomic E-state index is -0.520. The fourth-order valence-corrected chi connectivity index (χ4v) is 3.20. The van der Waals surface area contributed by atoms with Gasteiger partial charge in [0, 0.05) is 25.7 Å². The monoisotopic (exact) mass is 348 g/mol. The molecule has 7 nitrogen and oxygen atoms in total. The van der Waals surface area contributed by atoms with Crippen molar-refractivity contribution in [1.82, 2.24) is 20.1 Å². The van der Waals surface area contributed by atoms with E-state index in [0.29, 0.717) is 36.2 Å². The van der Waals surface area contributed by atoms with Crippen LogP contribution in [0.1, 0.15) is 43.5 Å². The number of fused-ring (bicyclic) bond motifs is 1. The van der Waals surface area contributed by atoms with E-state index >= 15 is 0 Å². The number of nitrogens with one attached hydrogen (secondary N) is 2. The van der Waals surface area contributed by atoms with Crippen LogP contribution < -0.4 is 10.9 Å². The predicted molar refractivity (Wildman–Crippen MR) is 97.6 cm³/mol. The van der Waals surface area contributed by atoms with Crippen molar-refractivity contribution in [3.05, 3.63) is 27.2 Å². The molecule has 0 spiro atoms. The van der Waals surface area contributed by atoms with Gasteiger partial charge in [-0.2, -0.15) is 0 Å². The van der Waals surface area contributed by atoms with Gasteiger partial charge >= 0.3 is 0 Å². The predicted octanol–water partition coefficient (Wildman–Crippen LogP) is 1.33. The molecule has 0 aliphatic rings. The number of pyridine rings is 1. The molecule has 3 N–H and O–H groups in total. The molecule has 1 amide bonds. The second-order valence-corrected chi connectivity index (χ2v) is 7.09. The topological polar surface area (TPSA) is 100 Å². The fourth-order valence-electron chi connectivity index (χ4n) is 3.20. The third kappa shape index (κ3) is 4.48. The van der Waals surface area contributed by atoms with Gasteiger partial charge in [-0.1, -0.05) is 13.8 Å². The molecule has 1 atom stereocenters. The molecule has 1 unspecified atom stereocenters. The number of nitrogens with zero attached hydrogens (tertiary/aromatic N) is 2. The number of rotatable bonds is 7. The number of aliphatic hydroxyl groups is 1. The number of hydrogen-bond donors (Lipinski definition) is 3. The molecule has 0 radical (unpaired) electrons. The Balaban J connectivity index is 2.05. The summed E-state index contributed by atoms with van der Waals surface area (Å²) in [5.74, 6) is 0.280. The van der Waals surface area contributed by atoms with Crippen molar-refractivity contribution < 1.29 is 9.90 Å². The van der Waals surface area contributed by atoms with Crippen LogP contribution in [0.5, 0.6) is 0 Å². The van der Waals surface area contributed by atoms with Gasteiger partial charge in [-0.3, -0.25) is 19.4 Å². The second kappa shape index (κ2) is 7.82. The van der Waals surface area contributed by atoms with Gasteiger partial charge in [0.15, 0.2) is 5.65 Å². The number of amides is 1. The van der Waals surface area contributed by atoms with Crippen LogP contribution in [0.25, 0.3) is 11.0 Å². The lowest BCUT2D eigenvalue weighted by Gasteiger charge is -2.14. The number of carbonyl (C=O) groups is 1. The van der Waals surface area contributed by atoms with E-state index in [9.17, 15) is 14.7 Å². The number of carbonyl (C=O) groups excluding carboxylic acids is 1. The summed E-state index contributed by atoms with van der Waals surface area (Å²) in [5.41, 5.74) is 3.10. The maximum atomic E-state index is 12.1. The van der Waals surface area contributed by atoms with Crippen LogP contribution in [0.2, 0.25) is 0 Å². The molecule has 138 valence electrons. The van der Waals surface area contributed by atoms with Crippen LogP contribution in [-0.4, -0.2) is 38.4 Å². The van der Waals surface area contributed by atoms with Crippen LogP contribution in [0, 0.1) is 19.8 Å². The zero-order valence-electron chi connectivity index (χ0n) is 15.6. The Hall–Kier alpha value is -2.15. The van der Waals surface area contributed by atoms with Gasteiger partial charge < -0.3 is 10.4 Å². The first kappa shape index (κ1) is 19.2. The Morgan fingerprint density at radius 3 is 2.68 bits per heavy atom. The van der Waals surface area contributed by atoms with E-state index in [1.807, 2.05) is 27.7 Å². The molecule has 0 saturated heterocycles. The average molecular weight is 348 g/mol. The first-order chi connectivity index (χ1) is 11.7. The Morgan fingerprint density at radius 1 is 1.36 bits per heavy atom. The summed E-state index contributed by atoms with van der Waals surface area (Å²) in [6, 6.07) is 0. The van der Waals surface area contributed by atoms with Crippen LogP contribution in [0.3, 0.4) is 0 Å². The van der Waals surface area contributed by atoms with E-state index in [-0.39, 0.29) is 18.0 Å². The average Bonchev–Trinajstić information content (AvgIpc) is 2.78. The van der Waals surface area contributed by atoms with E-state index in [4.69, 9.17) is 0 Å². The van der Waals surface area contributed by atoms with Crippen LogP contribution in [0.4, 0.5) is 0 Å². The molecule has 0 fully saturated rings. The van der Waals surface area contributed by atoms with Gasteiger partial charge in [0.1, 0.15) is 0 Å². The minimum absolute atomic E-state index is 0.108. The highest BCUT2D eigenvalue weighted by Crippen LogP contribution is 2.21. The molecule has 2 aromatic heterocycles. The van der Waals surface area contributed by atoms with Crippen molar-refractivity contribution in [1.29, 1.82) is 0 Å². The quantitative estimate of drug-likeness (QED) is 0.703. The van der Waals surface area contributed by atoms with E-state index in [0.717, 1.165) is 16.8 Å². The highest BCUT2D eigenvalue weighted by Gasteiger charge is 2.16. The molecule has 25 heavy (non-hydrogen) atoms. The molecule has 2 rings (SSSR count). The number of H-pyrrole nitrogens is 1. The lowest BCUT2D eigenvalue weighted by atomic mass is 10.00. The molecular formula is C18H28N4O3. The van der Waals surface area contributed by atoms with E-state index in [1.54, 1.807) is 11.7 Å². The van der Waals surface area contributed by atoms with E-state index < -0.39 is 6.10 Å². The lowest BCUT2D eigenvalue weighted by Crippen LogP contribution is -2.33. The third-order valence-electron chi connectivity index (χ3n) is 4.46. The number of aliphatic hydroxyl groups excluding tert-OH is 1. The minimum Gasteiger partial charge on any atom is -0.391 e. The van der Waals surface area contributed by atoms with E-state index in [2.05, 4.69) is 15.4 Å². The smallest absolute Gasteiger partial charge is 0.273 e. The summed E-state index contributed by atoms with van der Waals surface area (Å²) in [4.78, 5) is 28.6. The van der Waals surface area contributed by atoms with Crippen molar-refractivity contribution in [2.75, 3.05) is 6.54 Å². The van der Waals surface area contributed by atoms with Crippen molar-refractivity contribution >= 4 is 16.9 Å². The van der Waals surface area contributed by atoms with Gasteiger partial charge in [-0.05, 0) is 43.7 Å². The first-order valence-corrected chi connectivity index (χ1v) is 8.70. The van der Waals surface area contributed by atoms with Crippen LogP contribution >= 0.6 is 0 Å². The molecule has 0 aliphatic heterocycles. The molecule has 0 bridgehead atoms. The van der Waals surface area contributed by atoms with Gasteiger partial charge in [0.2, 0.25) is 5.91 Å². The molecular weight excluding hydrogens is 320 g/mol. The van der Waals surface area contributed by atoms with E-state index in [1.165, 1.54) is 0 Å². The standard InChI is InChI=1S/C18H28N4O3/c1-10(2)8-13(23)9-19-15(24)7-6-14-11(3)16-17(20-12(14)4)22(5)21-18(16)25/h10,13,23H,6-9H2,1-5H3,(H,19,24)(H,21,25). The Labute approximate surface area is 147 Å². The largest absolute Gasteiger partial charge is 0.391 e. The highest BCUT2D eigenvalue weighted by molar-refractivity contribution is 5.81. The molecule has 0 aromatic carbocycles. The molecule has 0 saturated carbocycles. The highest BCUT2D eigenvalue weighted by atomic mass is 16.3. The third-order valence-corrected chi connectivity index (χ3v) is 4.46. The van der Waals surface area contributed by atoms with Gasteiger partial charge in [0.25, 0.3) is 5.56 Å². The number of hydrogen-bond acceptors (Lipinski definition) is 4. The summed E-state index contributed by atoms with van der Waals surface area (Å²) < 4.78 is 1.62. The zero-order valence-corrected chi connectivity index (χ0v) is 15.6. The maximum Gasteiger partial charge on any atom is 0.273 e. The van der Waals surface area contributed by atoms with Crippen molar-refractivity contribution in [3.8, 4) is 0 Å².